The fraction of sp³-hybridized carbons (Fsp3) is 0. The third-order valence-corrected chi connectivity index (χ3v) is 2.51. The Morgan fingerprint density at radius 2 is 1.50 bits per heavy atom. The Morgan fingerprint density at radius 1 is 0.875 bits per heavy atom. The van der Waals surface area contributed by atoms with Gasteiger partial charge in [0, 0.05) is 22.2 Å². The molecule has 0 aliphatic heterocycles. The fourth-order valence-electron chi connectivity index (χ4n) is 1.44. The lowest BCUT2D eigenvalue weighted by atomic mass is 10.0. The maximum atomic E-state index is 13.0. The van der Waals surface area contributed by atoms with Crippen molar-refractivity contribution in [2.75, 3.05) is 0 Å². The van der Waals surface area contributed by atoms with Crippen molar-refractivity contribution in [3.63, 3.8) is 0 Å². The molecular formula is C12H7ClF2O. The summed E-state index contributed by atoms with van der Waals surface area (Å²) in [5.41, 5.74) is 0.630. The molecule has 0 aliphatic rings. The zero-order chi connectivity index (χ0) is 11.7. The lowest BCUT2D eigenvalue weighted by Crippen LogP contribution is -1.84. The van der Waals surface area contributed by atoms with Gasteiger partial charge in [0.1, 0.15) is 17.4 Å². The Labute approximate surface area is 95.9 Å². The van der Waals surface area contributed by atoms with Crippen LogP contribution in [0, 0.1) is 11.6 Å². The van der Waals surface area contributed by atoms with Gasteiger partial charge < -0.3 is 5.11 Å². The second-order valence-electron chi connectivity index (χ2n) is 3.29. The topological polar surface area (TPSA) is 20.2 Å². The van der Waals surface area contributed by atoms with Crippen molar-refractivity contribution in [2.24, 2.45) is 0 Å². The summed E-state index contributed by atoms with van der Waals surface area (Å²) in [5, 5.41) is 9.83. The Bertz CT molecular complexity index is 541. The molecule has 0 heterocycles. The highest BCUT2D eigenvalue weighted by atomic mass is 35.5. The van der Waals surface area contributed by atoms with Gasteiger partial charge in [0.25, 0.3) is 0 Å². The molecule has 82 valence electrons. The van der Waals surface area contributed by atoms with Crippen molar-refractivity contribution in [1.29, 1.82) is 0 Å². The summed E-state index contributed by atoms with van der Waals surface area (Å²) in [6.45, 7) is 0. The lowest BCUT2D eigenvalue weighted by molar-refractivity contribution is 0.471. The van der Waals surface area contributed by atoms with Crippen molar-refractivity contribution in [1.82, 2.24) is 0 Å². The summed E-state index contributed by atoms with van der Waals surface area (Å²) < 4.78 is 25.8. The average Bonchev–Trinajstić information content (AvgIpc) is 2.22. The van der Waals surface area contributed by atoms with Crippen LogP contribution in [-0.4, -0.2) is 5.11 Å². The van der Waals surface area contributed by atoms with Crippen molar-refractivity contribution >= 4 is 11.6 Å². The molecular weight excluding hydrogens is 234 g/mol. The number of hydrogen-bond acceptors (Lipinski definition) is 1. The number of benzene rings is 2. The molecule has 2 aromatic carbocycles. The van der Waals surface area contributed by atoms with Crippen LogP contribution < -0.4 is 0 Å². The number of aromatic hydroxyl groups is 1. The van der Waals surface area contributed by atoms with Gasteiger partial charge in [-0.15, -0.1) is 0 Å². The summed E-state index contributed by atoms with van der Waals surface area (Å²) in [4.78, 5) is 0. The maximum absolute atomic E-state index is 13.0. The number of halogens is 3. The van der Waals surface area contributed by atoms with Gasteiger partial charge in [-0.05, 0) is 30.3 Å². The van der Waals surface area contributed by atoms with Crippen LogP contribution in [0.1, 0.15) is 0 Å². The molecule has 16 heavy (non-hydrogen) atoms. The predicted molar refractivity (Wildman–Crippen MR) is 58.5 cm³/mol. The number of phenols is 1. The van der Waals surface area contributed by atoms with Gasteiger partial charge in [0.05, 0.1) is 0 Å². The first kappa shape index (κ1) is 10.9. The minimum atomic E-state index is -0.561. The Kier molecular flexibility index (Phi) is 2.79. The van der Waals surface area contributed by atoms with Crippen LogP contribution >= 0.6 is 11.6 Å². The van der Waals surface area contributed by atoms with Gasteiger partial charge in [-0.1, -0.05) is 11.6 Å². The molecule has 1 N–H and O–H groups in total. The van der Waals surface area contributed by atoms with E-state index < -0.39 is 11.6 Å². The van der Waals surface area contributed by atoms with E-state index in [2.05, 4.69) is 0 Å². The Balaban J connectivity index is 2.62. The second kappa shape index (κ2) is 4.10. The standard InChI is InChI=1S/C12H7ClF2O/c13-11-4-2-7(14)5-10(11)9-3-1-8(15)6-12(9)16/h1-6,16H. The molecule has 0 saturated carbocycles. The normalized spacial score (nSPS) is 10.4. The van der Waals surface area contributed by atoms with Gasteiger partial charge in [-0.2, -0.15) is 0 Å². The first-order valence-corrected chi connectivity index (χ1v) is 4.89. The van der Waals surface area contributed by atoms with E-state index in [0.717, 1.165) is 6.07 Å². The van der Waals surface area contributed by atoms with Gasteiger partial charge >= 0.3 is 0 Å². The summed E-state index contributed by atoms with van der Waals surface area (Å²) in [5.74, 6) is -1.30. The summed E-state index contributed by atoms with van der Waals surface area (Å²) in [6, 6.07) is 7.27. The third kappa shape index (κ3) is 1.99. The third-order valence-electron chi connectivity index (χ3n) is 2.18. The van der Waals surface area contributed by atoms with E-state index in [-0.39, 0.29) is 5.75 Å². The lowest BCUT2D eigenvalue weighted by Gasteiger charge is -2.07. The van der Waals surface area contributed by atoms with Gasteiger partial charge in [-0.25, -0.2) is 8.78 Å². The van der Waals surface area contributed by atoms with Crippen LogP contribution in [0.25, 0.3) is 11.1 Å². The summed E-state index contributed by atoms with van der Waals surface area (Å²) in [6.07, 6.45) is 0. The Morgan fingerprint density at radius 3 is 2.19 bits per heavy atom. The smallest absolute Gasteiger partial charge is 0.126 e. The minimum Gasteiger partial charge on any atom is -0.507 e. The van der Waals surface area contributed by atoms with E-state index in [1.807, 2.05) is 0 Å². The van der Waals surface area contributed by atoms with Gasteiger partial charge in [-0.3, -0.25) is 0 Å². The molecule has 0 amide bonds. The number of rotatable bonds is 1. The summed E-state index contributed by atoms with van der Waals surface area (Å²) in [7, 11) is 0. The van der Waals surface area contributed by atoms with Crippen LogP contribution in [-0.2, 0) is 0 Å². The van der Waals surface area contributed by atoms with Crippen LogP contribution in [0.4, 0.5) is 8.78 Å². The zero-order valence-corrected chi connectivity index (χ0v) is 8.80. The van der Waals surface area contributed by atoms with E-state index in [9.17, 15) is 13.9 Å². The molecule has 2 rings (SSSR count). The van der Waals surface area contributed by atoms with E-state index in [4.69, 9.17) is 11.6 Å². The quantitative estimate of drug-likeness (QED) is 0.799. The van der Waals surface area contributed by atoms with Gasteiger partial charge in [0.2, 0.25) is 0 Å². The van der Waals surface area contributed by atoms with Crippen LogP contribution in [0.3, 0.4) is 0 Å². The molecule has 0 aliphatic carbocycles. The highest BCUT2D eigenvalue weighted by molar-refractivity contribution is 6.33. The SMILES string of the molecule is Oc1cc(F)ccc1-c1cc(F)ccc1Cl. The molecule has 0 aromatic heterocycles. The van der Waals surface area contributed by atoms with E-state index >= 15 is 0 Å². The molecule has 0 atom stereocenters. The van der Waals surface area contributed by atoms with Crippen molar-refractivity contribution in [3.8, 4) is 16.9 Å². The van der Waals surface area contributed by atoms with Crippen LogP contribution in [0.15, 0.2) is 36.4 Å². The predicted octanol–water partition coefficient (Wildman–Crippen LogP) is 3.99. The van der Waals surface area contributed by atoms with Gasteiger partial charge in [0.15, 0.2) is 0 Å². The molecule has 0 radical (unpaired) electrons. The minimum absolute atomic E-state index is 0.271. The first-order valence-electron chi connectivity index (χ1n) is 4.52. The molecule has 0 spiro atoms. The van der Waals surface area contributed by atoms with E-state index in [1.54, 1.807) is 0 Å². The van der Waals surface area contributed by atoms with Crippen molar-refractivity contribution < 1.29 is 13.9 Å². The van der Waals surface area contributed by atoms with E-state index in [1.165, 1.54) is 30.3 Å². The molecule has 0 bridgehead atoms. The van der Waals surface area contributed by atoms with Crippen molar-refractivity contribution in [3.05, 3.63) is 53.1 Å². The summed E-state index contributed by atoms with van der Waals surface area (Å²) >= 11 is 5.87. The second-order valence-corrected chi connectivity index (χ2v) is 3.69. The first-order chi connectivity index (χ1) is 7.58. The van der Waals surface area contributed by atoms with Crippen molar-refractivity contribution in [2.45, 2.75) is 0 Å². The molecule has 4 heteroatoms. The molecule has 0 saturated heterocycles. The van der Waals surface area contributed by atoms with Crippen LogP contribution in [0.2, 0.25) is 5.02 Å². The molecule has 0 unspecified atom stereocenters. The number of hydrogen-bond donors (Lipinski definition) is 1. The molecule has 1 nitrogen and oxygen atoms in total. The van der Waals surface area contributed by atoms with E-state index in [0.29, 0.717) is 16.1 Å². The largest absolute Gasteiger partial charge is 0.507 e. The fourth-order valence-corrected chi connectivity index (χ4v) is 1.66. The molecule has 2 aromatic rings. The maximum Gasteiger partial charge on any atom is 0.126 e. The Hall–Kier alpha value is -1.61. The number of phenolic OH excluding ortho intramolecular Hbond substituents is 1. The monoisotopic (exact) mass is 240 g/mol. The highest BCUT2D eigenvalue weighted by Gasteiger charge is 2.10. The van der Waals surface area contributed by atoms with Crippen LogP contribution in [0.5, 0.6) is 5.75 Å². The zero-order valence-electron chi connectivity index (χ0n) is 8.05. The highest BCUT2D eigenvalue weighted by Crippen LogP contribution is 2.34. The average molecular weight is 241 g/mol. The molecule has 0 fully saturated rings.